The van der Waals surface area contributed by atoms with Crippen molar-refractivity contribution in [1.82, 2.24) is 20.5 Å². The average Bonchev–Trinajstić information content (AvgIpc) is 3.33. The zero-order valence-electron chi connectivity index (χ0n) is 22.1. The summed E-state index contributed by atoms with van der Waals surface area (Å²) in [5, 5.41) is 11.0. The van der Waals surface area contributed by atoms with E-state index < -0.39 is 11.9 Å². The summed E-state index contributed by atoms with van der Waals surface area (Å²) in [5.74, 6) is -0.109. The second-order valence-electron chi connectivity index (χ2n) is 9.79. The third-order valence-corrected chi connectivity index (χ3v) is 7.34. The summed E-state index contributed by atoms with van der Waals surface area (Å²) in [6.07, 6.45) is 1.48. The summed E-state index contributed by atoms with van der Waals surface area (Å²) in [4.78, 5) is 56.6. The molecule has 4 N–H and O–H groups in total. The number of rotatable bonds is 6. The van der Waals surface area contributed by atoms with Crippen LogP contribution in [0.2, 0.25) is 0 Å². The van der Waals surface area contributed by atoms with Crippen molar-refractivity contribution in [3.05, 3.63) is 64.1 Å². The van der Waals surface area contributed by atoms with E-state index in [0.29, 0.717) is 34.3 Å². The topological polar surface area (TPSA) is 142 Å². The Morgan fingerprint density at radius 1 is 1.05 bits per heavy atom. The molecule has 3 heterocycles. The molecule has 11 nitrogen and oxygen atoms in total. The van der Waals surface area contributed by atoms with Gasteiger partial charge >= 0.3 is 6.03 Å². The highest BCUT2D eigenvalue weighted by Crippen LogP contribution is 2.36. The van der Waals surface area contributed by atoms with Crippen LogP contribution < -0.4 is 26.0 Å². The lowest BCUT2D eigenvalue weighted by molar-refractivity contribution is -0.129. The van der Waals surface area contributed by atoms with Gasteiger partial charge in [-0.1, -0.05) is 20.8 Å². The first-order chi connectivity index (χ1) is 18.5. The van der Waals surface area contributed by atoms with Gasteiger partial charge in [0.05, 0.1) is 12.2 Å². The monoisotopic (exact) mass is 550 g/mol. The van der Waals surface area contributed by atoms with Gasteiger partial charge in [-0.25, -0.2) is 4.79 Å². The van der Waals surface area contributed by atoms with E-state index in [1.54, 1.807) is 36.4 Å². The maximum Gasteiger partial charge on any atom is 0.323 e. The molecule has 5 amide bonds. The number of nitrogens with one attached hydrogen (secondary N) is 4. The molecule has 3 aromatic rings. The molecule has 39 heavy (non-hydrogen) atoms. The van der Waals surface area contributed by atoms with Gasteiger partial charge in [0.1, 0.15) is 22.1 Å². The van der Waals surface area contributed by atoms with Crippen molar-refractivity contribution in [3.8, 4) is 11.5 Å². The number of carbonyl (C=O) groups is 4. The number of piperazine rings is 1. The number of imide groups is 1. The first kappa shape index (κ1) is 27.7. The van der Waals surface area contributed by atoms with E-state index in [0.717, 1.165) is 4.88 Å². The third kappa shape index (κ3) is 6.78. The van der Waals surface area contributed by atoms with Crippen molar-refractivity contribution in [2.24, 2.45) is 0 Å². The van der Waals surface area contributed by atoms with Crippen molar-refractivity contribution < 1.29 is 23.9 Å². The van der Waals surface area contributed by atoms with Gasteiger partial charge < -0.3 is 26.0 Å². The Kier molecular flexibility index (Phi) is 8.27. The quantitative estimate of drug-likeness (QED) is 0.342. The lowest BCUT2D eigenvalue weighted by atomic mass is 9.94. The first-order valence-electron chi connectivity index (χ1n) is 12.3. The summed E-state index contributed by atoms with van der Waals surface area (Å²) in [6.45, 7) is 6.94. The number of urea groups is 1. The van der Waals surface area contributed by atoms with Crippen LogP contribution in [0.1, 0.15) is 45.8 Å². The molecule has 1 saturated heterocycles. The highest BCUT2D eigenvalue weighted by Gasteiger charge is 2.31. The van der Waals surface area contributed by atoms with E-state index in [-0.39, 0.29) is 36.0 Å². The SMILES string of the molecule is CNC(=O)c1cc(Oc2ccc(NC(=O)Nc3cc(C(C)(C)C)sc3C(=O)N3CCNCC3=O)cc2)ccn1. The van der Waals surface area contributed by atoms with Gasteiger partial charge in [0.2, 0.25) is 5.91 Å². The van der Waals surface area contributed by atoms with E-state index in [2.05, 4.69) is 26.3 Å². The van der Waals surface area contributed by atoms with E-state index in [9.17, 15) is 19.2 Å². The molecular weight excluding hydrogens is 520 g/mol. The largest absolute Gasteiger partial charge is 0.457 e. The predicted octanol–water partition coefficient (Wildman–Crippen LogP) is 3.81. The van der Waals surface area contributed by atoms with Gasteiger partial charge in [-0.15, -0.1) is 11.3 Å². The zero-order chi connectivity index (χ0) is 28.2. The Balaban J connectivity index is 1.45. The van der Waals surface area contributed by atoms with Gasteiger partial charge in [0, 0.05) is 43.0 Å². The molecule has 1 fully saturated rings. The van der Waals surface area contributed by atoms with E-state index in [4.69, 9.17) is 4.74 Å². The Morgan fingerprint density at radius 3 is 2.46 bits per heavy atom. The Bertz CT molecular complexity index is 1400. The van der Waals surface area contributed by atoms with Crippen LogP contribution >= 0.6 is 11.3 Å². The van der Waals surface area contributed by atoms with Gasteiger partial charge in [-0.2, -0.15) is 0 Å². The Morgan fingerprint density at radius 2 is 1.79 bits per heavy atom. The lowest BCUT2D eigenvalue weighted by Crippen LogP contribution is -2.50. The van der Waals surface area contributed by atoms with Crippen molar-refractivity contribution in [1.29, 1.82) is 0 Å². The number of nitrogens with zero attached hydrogens (tertiary/aromatic N) is 2. The van der Waals surface area contributed by atoms with Crippen molar-refractivity contribution in [2.45, 2.75) is 26.2 Å². The van der Waals surface area contributed by atoms with Crippen LogP contribution in [0.25, 0.3) is 0 Å². The van der Waals surface area contributed by atoms with Gasteiger partial charge in [-0.3, -0.25) is 24.3 Å². The van der Waals surface area contributed by atoms with Crippen LogP contribution in [-0.2, 0) is 10.2 Å². The average molecular weight is 551 g/mol. The first-order valence-corrected chi connectivity index (χ1v) is 13.1. The maximum absolute atomic E-state index is 13.3. The lowest BCUT2D eigenvalue weighted by Gasteiger charge is -2.25. The molecule has 204 valence electrons. The number of anilines is 2. The fraction of sp³-hybridized carbons (Fsp3) is 0.296. The van der Waals surface area contributed by atoms with Crippen LogP contribution in [0.3, 0.4) is 0 Å². The number of hydrogen-bond donors (Lipinski definition) is 4. The number of thiophene rings is 1. The fourth-order valence-electron chi connectivity index (χ4n) is 3.71. The maximum atomic E-state index is 13.3. The minimum absolute atomic E-state index is 0.0998. The van der Waals surface area contributed by atoms with E-state index >= 15 is 0 Å². The van der Waals surface area contributed by atoms with E-state index in [1.807, 2.05) is 20.8 Å². The minimum atomic E-state index is -0.535. The third-order valence-electron chi connectivity index (χ3n) is 5.79. The number of amides is 5. The number of ether oxygens (including phenoxy) is 1. The van der Waals surface area contributed by atoms with Crippen LogP contribution in [0.15, 0.2) is 48.7 Å². The molecule has 1 aliphatic heterocycles. The molecule has 1 aromatic carbocycles. The Hall–Kier alpha value is -4.29. The number of hydrogen-bond acceptors (Lipinski definition) is 8. The molecule has 0 aliphatic carbocycles. The summed E-state index contributed by atoms with van der Waals surface area (Å²) in [6, 6.07) is 11.1. The molecule has 0 saturated carbocycles. The molecule has 0 spiro atoms. The molecule has 4 rings (SSSR count). The van der Waals surface area contributed by atoms with Gasteiger partial charge in [-0.05, 0) is 41.8 Å². The van der Waals surface area contributed by atoms with Crippen LogP contribution in [0.4, 0.5) is 16.2 Å². The van der Waals surface area contributed by atoms with Crippen molar-refractivity contribution in [3.63, 3.8) is 0 Å². The molecule has 0 unspecified atom stereocenters. The summed E-state index contributed by atoms with van der Waals surface area (Å²) in [7, 11) is 1.52. The summed E-state index contributed by atoms with van der Waals surface area (Å²) in [5.41, 5.74) is 0.822. The second-order valence-corrected chi connectivity index (χ2v) is 10.8. The normalized spacial score (nSPS) is 13.5. The molecular formula is C27H30N6O5S. The van der Waals surface area contributed by atoms with Crippen LogP contribution in [0.5, 0.6) is 11.5 Å². The molecule has 0 bridgehead atoms. The highest BCUT2D eigenvalue weighted by molar-refractivity contribution is 7.14. The standard InChI is InChI=1S/C27H30N6O5S/c1-27(2,3)21-14-19(23(39-21)25(36)33-12-11-29-15-22(33)34)32-26(37)31-16-5-7-17(8-6-16)38-18-9-10-30-20(13-18)24(35)28-4/h5-10,13-14,29H,11-12,15H2,1-4H3,(H,28,35)(H2,31,32,37). The smallest absolute Gasteiger partial charge is 0.323 e. The number of benzene rings is 1. The summed E-state index contributed by atoms with van der Waals surface area (Å²) < 4.78 is 5.79. The number of carbonyl (C=O) groups excluding carboxylic acids is 4. The van der Waals surface area contributed by atoms with Crippen molar-refractivity contribution in [2.75, 3.05) is 37.3 Å². The summed E-state index contributed by atoms with van der Waals surface area (Å²) >= 11 is 1.27. The molecule has 0 radical (unpaired) electrons. The zero-order valence-corrected chi connectivity index (χ0v) is 22.9. The number of pyridine rings is 1. The molecule has 12 heteroatoms. The van der Waals surface area contributed by atoms with E-state index in [1.165, 1.54) is 35.5 Å². The second kappa shape index (κ2) is 11.6. The number of aromatic nitrogens is 1. The van der Waals surface area contributed by atoms with Crippen LogP contribution in [-0.4, -0.2) is 60.3 Å². The van der Waals surface area contributed by atoms with Crippen molar-refractivity contribution >= 4 is 46.5 Å². The minimum Gasteiger partial charge on any atom is -0.457 e. The van der Waals surface area contributed by atoms with Crippen LogP contribution in [0, 0.1) is 0 Å². The molecule has 2 aromatic heterocycles. The fourth-order valence-corrected chi connectivity index (χ4v) is 4.83. The predicted molar refractivity (Wildman–Crippen MR) is 149 cm³/mol. The van der Waals surface area contributed by atoms with Gasteiger partial charge in [0.25, 0.3) is 11.8 Å². The molecule has 1 aliphatic rings. The van der Waals surface area contributed by atoms with Gasteiger partial charge in [0.15, 0.2) is 0 Å². The Labute approximate surface area is 229 Å². The molecule has 0 atom stereocenters. The highest BCUT2D eigenvalue weighted by atomic mass is 32.1.